The molecule has 0 saturated heterocycles. The molecule has 108 valence electrons. The summed E-state index contributed by atoms with van der Waals surface area (Å²) < 4.78 is 0. The van der Waals surface area contributed by atoms with Crippen LogP contribution in [0.1, 0.15) is 46.8 Å². The van der Waals surface area contributed by atoms with Gasteiger partial charge in [-0.1, -0.05) is 25.7 Å². The smallest absolute Gasteiger partial charge is 0.261 e. The summed E-state index contributed by atoms with van der Waals surface area (Å²) in [4.78, 5) is 13.9. The summed E-state index contributed by atoms with van der Waals surface area (Å²) in [6.45, 7) is 6.24. The predicted molar refractivity (Wildman–Crippen MR) is 81.8 cm³/mol. The highest BCUT2D eigenvalue weighted by Crippen LogP contribution is 2.31. The molecular formula is C16H21NO2S. The van der Waals surface area contributed by atoms with Crippen molar-refractivity contribution in [1.29, 1.82) is 0 Å². The molecule has 0 spiro atoms. The van der Waals surface area contributed by atoms with Gasteiger partial charge in [0, 0.05) is 6.04 Å². The summed E-state index contributed by atoms with van der Waals surface area (Å²) in [6.07, 6.45) is 2.25. The molecule has 4 heteroatoms. The number of nitrogens with one attached hydrogen (secondary N) is 1. The number of amides is 1. The van der Waals surface area contributed by atoms with E-state index in [1.54, 1.807) is 0 Å². The summed E-state index contributed by atoms with van der Waals surface area (Å²) in [5.74, 6) is 6.73. The van der Waals surface area contributed by atoms with E-state index in [2.05, 4.69) is 31.0 Å². The van der Waals surface area contributed by atoms with Crippen molar-refractivity contribution in [3.63, 3.8) is 0 Å². The molecule has 1 aromatic heterocycles. The van der Waals surface area contributed by atoms with Crippen LogP contribution in [-0.4, -0.2) is 23.7 Å². The Labute approximate surface area is 124 Å². The zero-order valence-corrected chi connectivity index (χ0v) is 13.0. The van der Waals surface area contributed by atoms with Crippen molar-refractivity contribution in [2.75, 3.05) is 6.61 Å². The minimum atomic E-state index is -0.156. The summed E-state index contributed by atoms with van der Waals surface area (Å²) in [5, 5.41) is 11.9. The van der Waals surface area contributed by atoms with Gasteiger partial charge in [-0.15, -0.1) is 11.3 Å². The number of rotatable bonds is 2. The van der Waals surface area contributed by atoms with Crippen LogP contribution in [0.5, 0.6) is 0 Å². The van der Waals surface area contributed by atoms with E-state index in [1.165, 1.54) is 17.8 Å². The van der Waals surface area contributed by atoms with E-state index in [4.69, 9.17) is 5.11 Å². The van der Waals surface area contributed by atoms with Crippen molar-refractivity contribution >= 4 is 17.2 Å². The molecule has 2 rings (SSSR count). The molecule has 1 heterocycles. The number of aliphatic hydroxyl groups excluding tert-OH is 1. The molecule has 1 amide bonds. The van der Waals surface area contributed by atoms with Crippen LogP contribution in [0.15, 0.2) is 6.07 Å². The molecule has 20 heavy (non-hydrogen) atoms. The van der Waals surface area contributed by atoms with Crippen LogP contribution in [0.4, 0.5) is 0 Å². The summed E-state index contributed by atoms with van der Waals surface area (Å²) in [6, 6.07) is 2.16. The highest BCUT2D eigenvalue weighted by Gasteiger charge is 2.31. The van der Waals surface area contributed by atoms with Gasteiger partial charge in [-0.2, -0.15) is 0 Å². The molecule has 0 bridgehead atoms. The molecule has 0 aromatic carbocycles. The fourth-order valence-electron chi connectivity index (χ4n) is 2.65. The predicted octanol–water partition coefficient (Wildman–Crippen LogP) is 2.56. The third-order valence-electron chi connectivity index (χ3n) is 4.20. The molecule has 0 radical (unpaired) electrons. The van der Waals surface area contributed by atoms with E-state index in [0.29, 0.717) is 16.7 Å². The molecule has 1 saturated carbocycles. The Kier molecular flexibility index (Phi) is 4.85. The lowest BCUT2D eigenvalue weighted by atomic mass is 9.98. The average Bonchev–Trinajstić information content (AvgIpc) is 2.94. The number of hydrogen-bond donors (Lipinski definition) is 2. The van der Waals surface area contributed by atoms with E-state index in [9.17, 15) is 4.79 Å². The lowest BCUT2D eigenvalue weighted by Crippen LogP contribution is -2.36. The van der Waals surface area contributed by atoms with Crippen molar-refractivity contribution in [1.82, 2.24) is 5.32 Å². The fraction of sp³-hybridized carbons (Fsp3) is 0.562. The molecule has 3 atom stereocenters. The van der Waals surface area contributed by atoms with E-state index < -0.39 is 0 Å². The molecule has 1 aliphatic rings. The quantitative estimate of drug-likeness (QED) is 0.823. The Bertz CT molecular complexity index is 553. The van der Waals surface area contributed by atoms with Crippen LogP contribution in [0.25, 0.3) is 0 Å². The second kappa shape index (κ2) is 6.43. The molecule has 0 aliphatic heterocycles. The van der Waals surface area contributed by atoms with Gasteiger partial charge in [0.2, 0.25) is 0 Å². The van der Waals surface area contributed by atoms with Gasteiger partial charge < -0.3 is 10.4 Å². The largest absolute Gasteiger partial charge is 0.384 e. The van der Waals surface area contributed by atoms with Gasteiger partial charge in [0.05, 0.1) is 9.75 Å². The van der Waals surface area contributed by atoms with Gasteiger partial charge in [0.1, 0.15) is 6.61 Å². The molecule has 3 nitrogen and oxygen atoms in total. The van der Waals surface area contributed by atoms with Gasteiger partial charge in [-0.05, 0) is 43.2 Å². The molecule has 3 unspecified atom stereocenters. The maximum absolute atomic E-state index is 12.3. The second-order valence-electron chi connectivity index (χ2n) is 5.58. The Morgan fingerprint density at radius 2 is 2.25 bits per heavy atom. The number of carbonyl (C=O) groups excluding carboxylic acids is 1. The highest BCUT2D eigenvalue weighted by atomic mass is 32.1. The summed E-state index contributed by atoms with van der Waals surface area (Å²) >= 11 is 1.40. The lowest BCUT2D eigenvalue weighted by molar-refractivity contribution is 0.0931. The maximum Gasteiger partial charge on any atom is 0.261 e. The average molecular weight is 291 g/mol. The second-order valence-corrected chi connectivity index (χ2v) is 6.63. The van der Waals surface area contributed by atoms with Crippen molar-refractivity contribution in [3.05, 3.63) is 21.4 Å². The number of aryl methyl sites for hydroxylation is 1. The first-order valence-electron chi connectivity index (χ1n) is 7.04. The topological polar surface area (TPSA) is 49.3 Å². The van der Waals surface area contributed by atoms with Gasteiger partial charge in [0.25, 0.3) is 5.91 Å². The fourth-order valence-corrected chi connectivity index (χ4v) is 3.60. The first-order valence-corrected chi connectivity index (χ1v) is 7.85. The standard InChI is InChI=1S/C16H21NO2S/c1-10-6-7-13(12(10)3)17-16(19)15-9-11(2)14(20-15)5-4-8-18/h9-10,12-13,18H,6-8H2,1-3H3,(H,17,19). The van der Waals surface area contributed by atoms with Crippen LogP contribution in [-0.2, 0) is 0 Å². The molecule has 1 fully saturated rings. The van der Waals surface area contributed by atoms with E-state index >= 15 is 0 Å². The number of aliphatic hydroxyl groups is 1. The molecular weight excluding hydrogens is 270 g/mol. The Morgan fingerprint density at radius 1 is 1.50 bits per heavy atom. The van der Waals surface area contributed by atoms with Crippen molar-refractivity contribution in [2.24, 2.45) is 11.8 Å². The first-order chi connectivity index (χ1) is 9.52. The van der Waals surface area contributed by atoms with Crippen LogP contribution >= 0.6 is 11.3 Å². The molecule has 1 aromatic rings. The SMILES string of the molecule is Cc1cc(C(=O)NC2CCC(C)C2C)sc1C#CCO. The van der Waals surface area contributed by atoms with E-state index in [0.717, 1.165) is 16.9 Å². The summed E-state index contributed by atoms with van der Waals surface area (Å²) in [5.41, 5.74) is 0.994. The minimum Gasteiger partial charge on any atom is -0.384 e. The lowest BCUT2D eigenvalue weighted by Gasteiger charge is -2.19. The minimum absolute atomic E-state index is 0.00102. The van der Waals surface area contributed by atoms with Crippen molar-refractivity contribution in [2.45, 2.75) is 39.7 Å². The van der Waals surface area contributed by atoms with Gasteiger partial charge in [-0.25, -0.2) is 0 Å². The van der Waals surface area contributed by atoms with Crippen molar-refractivity contribution in [3.8, 4) is 11.8 Å². The maximum atomic E-state index is 12.3. The zero-order valence-electron chi connectivity index (χ0n) is 12.2. The molecule has 2 N–H and O–H groups in total. The highest BCUT2D eigenvalue weighted by molar-refractivity contribution is 7.14. The Morgan fingerprint density at radius 3 is 2.85 bits per heavy atom. The summed E-state index contributed by atoms with van der Waals surface area (Å²) in [7, 11) is 0. The Hall–Kier alpha value is -1.31. The third kappa shape index (κ3) is 3.23. The van der Waals surface area contributed by atoms with Crippen LogP contribution in [0, 0.1) is 30.6 Å². The van der Waals surface area contributed by atoms with Crippen LogP contribution in [0.2, 0.25) is 0 Å². The van der Waals surface area contributed by atoms with Crippen LogP contribution in [0.3, 0.4) is 0 Å². The third-order valence-corrected chi connectivity index (χ3v) is 5.36. The normalized spacial score (nSPS) is 25.1. The van der Waals surface area contributed by atoms with E-state index in [-0.39, 0.29) is 18.6 Å². The first kappa shape index (κ1) is 15.1. The van der Waals surface area contributed by atoms with Gasteiger partial charge >= 0.3 is 0 Å². The van der Waals surface area contributed by atoms with Gasteiger partial charge in [0.15, 0.2) is 0 Å². The number of carbonyl (C=O) groups is 1. The van der Waals surface area contributed by atoms with Crippen LogP contribution < -0.4 is 5.32 Å². The molecule has 1 aliphatic carbocycles. The van der Waals surface area contributed by atoms with Crippen molar-refractivity contribution < 1.29 is 9.90 Å². The van der Waals surface area contributed by atoms with E-state index in [1.807, 2.05) is 13.0 Å². The zero-order chi connectivity index (χ0) is 14.7. The number of hydrogen-bond acceptors (Lipinski definition) is 3. The monoisotopic (exact) mass is 291 g/mol. The van der Waals surface area contributed by atoms with Gasteiger partial charge in [-0.3, -0.25) is 4.79 Å². The Balaban J connectivity index is 2.06. The number of thiophene rings is 1.